The average Bonchev–Trinajstić information content (AvgIpc) is 3.17. The van der Waals surface area contributed by atoms with Crippen LogP contribution in [-0.4, -0.2) is 62.8 Å². The van der Waals surface area contributed by atoms with Crippen molar-refractivity contribution in [2.45, 2.75) is 38.5 Å². The van der Waals surface area contributed by atoms with E-state index >= 15 is 0 Å². The second kappa shape index (κ2) is 10.5. The van der Waals surface area contributed by atoms with Crippen LogP contribution < -0.4 is 4.74 Å². The first-order chi connectivity index (χ1) is 13.6. The fraction of sp³-hybridized carbons (Fsp3) is 0.682. The van der Waals surface area contributed by atoms with Crippen LogP contribution in [0.1, 0.15) is 37.7 Å². The van der Waals surface area contributed by atoms with Crippen molar-refractivity contribution in [2.75, 3.05) is 46.9 Å². The van der Waals surface area contributed by atoms with Gasteiger partial charge in [0.25, 0.3) is 0 Å². The Morgan fingerprint density at radius 2 is 1.89 bits per heavy atom. The fourth-order valence-electron chi connectivity index (χ4n) is 4.56. The topological polar surface area (TPSA) is 42.0 Å². The van der Waals surface area contributed by atoms with Crippen molar-refractivity contribution in [3.8, 4) is 5.75 Å². The first kappa shape index (κ1) is 21.4. The molecule has 1 atom stereocenters. The van der Waals surface area contributed by atoms with E-state index in [-0.39, 0.29) is 6.09 Å². The van der Waals surface area contributed by atoms with Gasteiger partial charge in [0.2, 0.25) is 0 Å². The van der Waals surface area contributed by atoms with Crippen molar-refractivity contribution in [2.24, 2.45) is 11.8 Å². The average molecular weight is 453 g/mol. The number of carbonyl (C=O) groups is 1. The lowest BCUT2D eigenvalue weighted by Gasteiger charge is -2.31. The maximum Gasteiger partial charge on any atom is 0.409 e. The molecule has 2 fully saturated rings. The lowest BCUT2D eigenvalue weighted by molar-refractivity contribution is 0.104. The van der Waals surface area contributed by atoms with Crippen LogP contribution in [0.15, 0.2) is 22.7 Å². The molecule has 0 aliphatic carbocycles. The lowest BCUT2D eigenvalue weighted by atomic mass is 9.92. The van der Waals surface area contributed by atoms with Crippen LogP contribution in [0.4, 0.5) is 4.79 Å². The van der Waals surface area contributed by atoms with E-state index in [4.69, 9.17) is 9.47 Å². The smallest absolute Gasteiger partial charge is 0.409 e. The molecule has 3 rings (SSSR count). The van der Waals surface area contributed by atoms with Crippen LogP contribution in [0.2, 0.25) is 0 Å². The highest BCUT2D eigenvalue weighted by molar-refractivity contribution is 9.10. The third-order valence-electron chi connectivity index (χ3n) is 6.27. The molecule has 1 aromatic rings. The molecule has 0 N–H and O–H groups in total. The molecule has 1 amide bonds. The molecule has 2 aliphatic rings. The fourth-order valence-corrected chi connectivity index (χ4v) is 4.97. The number of hydrogen-bond donors (Lipinski definition) is 0. The van der Waals surface area contributed by atoms with E-state index in [1.807, 2.05) is 11.0 Å². The normalized spacial score (nSPS) is 21.1. The van der Waals surface area contributed by atoms with Gasteiger partial charge in [0.15, 0.2) is 0 Å². The molecule has 1 unspecified atom stereocenters. The van der Waals surface area contributed by atoms with Gasteiger partial charge in [-0.05, 0) is 87.2 Å². The van der Waals surface area contributed by atoms with Gasteiger partial charge in [-0.2, -0.15) is 0 Å². The highest BCUT2D eigenvalue weighted by Crippen LogP contribution is 2.29. The molecule has 2 heterocycles. The highest BCUT2D eigenvalue weighted by atomic mass is 79.9. The minimum atomic E-state index is -0.177. The third kappa shape index (κ3) is 5.86. The predicted octanol–water partition coefficient (Wildman–Crippen LogP) is 4.58. The zero-order valence-electron chi connectivity index (χ0n) is 17.2. The Bertz CT molecular complexity index is 647. The van der Waals surface area contributed by atoms with Gasteiger partial charge in [0, 0.05) is 24.1 Å². The minimum Gasteiger partial charge on any atom is -0.497 e. The number of carbonyl (C=O) groups excluding carboxylic acids is 1. The number of benzene rings is 1. The van der Waals surface area contributed by atoms with Crippen molar-refractivity contribution in [3.63, 3.8) is 0 Å². The number of piperidine rings is 1. The molecular weight excluding hydrogens is 420 g/mol. The van der Waals surface area contributed by atoms with Gasteiger partial charge in [0.1, 0.15) is 5.75 Å². The predicted molar refractivity (Wildman–Crippen MR) is 115 cm³/mol. The Labute approximate surface area is 177 Å². The molecule has 156 valence electrons. The zero-order valence-corrected chi connectivity index (χ0v) is 18.7. The van der Waals surface area contributed by atoms with Gasteiger partial charge in [-0.3, -0.25) is 0 Å². The van der Waals surface area contributed by atoms with E-state index in [1.165, 1.54) is 56.0 Å². The quantitative estimate of drug-likeness (QED) is 0.606. The van der Waals surface area contributed by atoms with E-state index in [9.17, 15) is 4.79 Å². The van der Waals surface area contributed by atoms with Crippen molar-refractivity contribution < 1.29 is 14.3 Å². The van der Waals surface area contributed by atoms with Crippen molar-refractivity contribution >= 4 is 22.0 Å². The monoisotopic (exact) mass is 452 g/mol. The summed E-state index contributed by atoms with van der Waals surface area (Å²) in [6, 6.07) is 6.25. The molecule has 28 heavy (non-hydrogen) atoms. The molecule has 2 saturated heterocycles. The molecule has 0 saturated carbocycles. The second-order valence-electron chi connectivity index (χ2n) is 8.16. The summed E-state index contributed by atoms with van der Waals surface area (Å²) < 4.78 is 11.4. The summed E-state index contributed by atoms with van der Waals surface area (Å²) in [5.41, 5.74) is 1.35. The summed E-state index contributed by atoms with van der Waals surface area (Å²) in [6.07, 6.45) is 6.98. The molecule has 6 heteroatoms. The van der Waals surface area contributed by atoms with Crippen LogP contribution in [0, 0.1) is 11.8 Å². The van der Waals surface area contributed by atoms with Gasteiger partial charge in [-0.15, -0.1) is 0 Å². The van der Waals surface area contributed by atoms with E-state index < -0.39 is 0 Å². The van der Waals surface area contributed by atoms with Crippen LogP contribution in [0.25, 0.3) is 0 Å². The van der Waals surface area contributed by atoms with Crippen LogP contribution in [0.5, 0.6) is 5.75 Å². The largest absolute Gasteiger partial charge is 0.497 e. The SMILES string of the molecule is COC(=O)N1CCC(CCCN2CCC(Cc3cc(OC)ccc3Br)C2)CC1. The lowest BCUT2D eigenvalue weighted by Crippen LogP contribution is -2.38. The molecule has 2 aliphatic heterocycles. The summed E-state index contributed by atoms with van der Waals surface area (Å²) in [6.45, 7) is 5.31. The summed E-state index contributed by atoms with van der Waals surface area (Å²) >= 11 is 3.68. The molecule has 0 aromatic heterocycles. The first-order valence-electron chi connectivity index (χ1n) is 10.5. The number of amides is 1. The summed E-state index contributed by atoms with van der Waals surface area (Å²) in [5.74, 6) is 2.42. The van der Waals surface area contributed by atoms with Gasteiger partial charge in [-0.25, -0.2) is 4.79 Å². The van der Waals surface area contributed by atoms with Crippen molar-refractivity contribution in [3.05, 3.63) is 28.2 Å². The maximum atomic E-state index is 11.6. The molecule has 0 radical (unpaired) electrons. The second-order valence-corrected chi connectivity index (χ2v) is 9.01. The van der Waals surface area contributed by atoms with Crippen LogP contribution in [-0.2, 0) is 11.2 Å². The zero-order chi connectivity index (χ0) is 19.9. The standard InChI is InChI=1S/C22H33BrN2O3/c1-27-20-5-6-21(23)19(15-20)14-18-7-11-24(16-18)10-3-4-17-8-12-25(13-9-17)22(26)28-2/h5-6,15,17-18H,3-4,7-14,16H2,1-2H3. The number of nitrogens with zero attached hydrogens (tertiary/aromatic N) is 2. The molecule has 0 spiro atoms. The number of likely N-dealkylation sites (tertiary alicyclic amines) is 2. The Morgan fingerprint density at radius 3 is 2.61 bits per heavy atom. The van der Waals surface area contributed by atoms with E-state index in [0.29, 0.717) is 0 Å². The number of hydrogen-bond acceptors (Lipinski definition) is 4. The Hall–Kier alpha value is -1.27. The molecule has 1 aromatic carbocycles. The van der Waals surface area contributed by atoms with Crippen molar-refractivity contribution in [1.29, 1.82) is 0 Å². The number of ether oxygens (including phenoxy) is 2. The minimum absolute atomic E-state index is 0.177. The first-order valence-corrected chi connectivity index (χ1v) is 11.3. The maximum absolute atomic E-state index is 11.6. The number of rotatable bonds is 7. The van der Waals surface area contributed by atoms with Gasteiger partial charge < -0.3 is 19.3 Å². The number of halogens is 1. The summed E-state index contributed by atoms with van der Waals surface area (Å²) in [5, 5.41) is 0. The number of methoxy groups -OCH3 is 2. The van der Waals surface area contributed by atoms with Crippen molar-refractivity contribution in [1.82, 2.24) is 9.80 Å². The van der Waals surface area contributed by atoms with Gasteiger partial charge >= 0.3 is 6.09 Å². The summed E-state index contributed by atoms with van der Waals surface area (Å²) in [4.78, 5) is 16.0. The highest BCUT2D eigenvalue weighted by Gasteiger charge is 2.25. The molecular formula is C22H33BrN2O3. The Kier molecular flexibility index (Phi) is 8.03. The molecule has 5 nitrogen and oxygen atoms in total. The van der Waals surface area contributed by atoms with Crippen LogP contribution >= 0.6 is 15.9 Å². The van der Waals surface area contributed by atoms with Gasteiger partial charge in [-0.1, -0.05) is 15.9 Å². The Balaban J connectivity index is 1.35. The Morgan fingerprint density at radius 1 is 1.14 bits per heavy atom. The third-order valence-corrected chi connectivity index (χ3v) is 7.04. The molecule has 0 bridgehead atoms. The van der Waals surface area contributed by atoms with E-state index in [0.717, 1.165) is 49.9 Å². The van der Waals surface area contributed by atoms with E-state index in [1.54, 1.807) is 7.11 Å². The van der Waals surface area contributed by atoms with Crippen LogP contribution in [0.3, 0.4) is 0 Å². The van der Waals surface area contributed by atoms with Gasteiger partial charge in [0.05, 0.1) is 14.2 Å². The van der Waals surface area contributed by atoms with E-state index in [2.05, 4.69) is 33.0 Å². The summed E-state index contributed by atoms with van der Waals surface area (Å²) in [7, 11) is 3.19.